The van der Waals surface area contributed by atoms with E-state index in [1.165, 1.54) is 77.4 Å². The van der Waals surface area contributed by atoms with Gasteiger partial charge in [0.15, 0.2) is 23.0 Å². The Kier molecular flexibility index (Phi) is 5.43. The van der Waals surface area contributed by atoms with Crippen LogP contribution in [0.1, 0.15) is 22.3 Å². The summed E-state index contributed by atoms with van der Waals surface area (Å²) in [5.41, 5.74) is 15.5. The van der Waals surface area contributed by atoms with Crippen molar-refractivity contribution in [2.45, 2.75) is 5.41 Å². The predicted molar refractivity (Wildman–Crippen MR) is 209 cm³/mol. The lowest BCUT2D eigenvalue weighted by Gasteiger charge is -2.31. The molecule has 3 aliphatic rings. The summed E-state index contributed by atoms with van der Waals surface area (Å²) in [6.45, 7) is 0. The fourth-order valence-electron chi connectivity index (χ4n) is 9.35. The number of ether oxygens (including phenoxy) is 2. The zero-order chi connectivity index (χ0) is 34.0. The Balaban J connectivity index is 1.11. The summed E-state index contributed by atoms with van der Waals surface area (Å²) in [5.74, 6) is 2.95. The van der Waals surface area contributed by atoms with E-state index in [4.69, 9.17) is 9.47 Å². The SMILES string of the molecule is c1ccc(-n2c3ccccc3c3cc(-c4ccc5c(c4)C4(c6ccccc6-c6ccccc64)c4cc6c(cc4-5)Oc4ccccc4O6)ccc32)cc1. The molecule has 8 aromatic carbocycles. The van der Waals surface area contributed by atoms with Gasteiger partial charge in [-0.25, -0.2) is 0 Å². The molecule has 0 amide bonds. The molecule has 52 heavy (non-hydrogen) atoms. The minimum absolute atomic E-state index is 0.517. The highest BCUT2D eigenvalue weighted by Crippen LogP contribution is 2.65. The molecule has 1 aliphatic heterocycles. The number of benzene rings is 8. The number of hydrogen-bond donors (Lipinski definition) is 0. The standard InChI is InChI=1S/C49H29NO2/c1-2-12-32(13-3-1)50-43-19-9-6-16-36(43)38-26-30(23-25-44(38)50)31-22-24-35-37-28-47-48(52-46-21-11-10-20-45(46)51-47)29-42(37)49(41(35)27-31)39-17-7-4-14-33(39)34-15-5-8-18-40(34)49/h1-29H. The topological polar surface area (TPSA) is 23.4 Å². The van der Waals surface area contributed by atoms with Crippen LogP contribution >= 0.6 is 0 Å². The van der Waals surface area contributed by atoms with Crippen LogP contribution in [0, 0.1) is 0 Å². The summed E-state index contributed by atoms with van der Waals surface area (Å²) in [7, 11) is 0. The molecule has 3 heteroatoms. The van der Waals surface area contributed by atoms with Gasteiger partial charge in [-0.1, -0.05) is 115 Å². The van der Waals surface area contributed by atoms with Gasteiger partial charge < -0.3 is 14.0 Å². The summed E-state index contributed by atoms with van der Waals surface area (Å²) in [4.78, 5) is 0. The number of rotatable bonds is 2. The van der Waals surface area contributed by atoms with Crippen molar-refractivity contribution in [2.24, 2.45) is 0 Å². The highest BCUT2D eigenvalue weighted by molar-refractivity contribution is 6.10. The number of para-hydroxylation sites is 4. The van der Waals surface area contributed by atoms with Crippen molar-refractivity contribution in [3.8, 4) is 62.1 Å². The lowest BCUT2D eigenvalue weighted by Crippen LogP contribution is -2.26. The molecule has 9 aromatic rings. The molecule has 0 saturated heterocycles. The van der Waals surface area contributed by atoms with Crippen LogP contribution in [0.3, 0.4) is 0 Å². The van der Waals surface area contributed by atoms with Crippen molar-refractivity contribution in [2.75, 3.05) is 0 Å². The molecule has 2 heterocycles. The van der Waals surface area contributed by atoms with Crippen LogP contribution < -0.4 is 9.47 Å². The third-order valence-corrected chi connectivity index (χ3v) is 11.5. The molecular formula is C49H29NO2. The van der Waals surface area contributed by atoms with Gasteiger partial charge in [-0.2, -0.15) is 0 Å². The molecule has 1 aromatic heterocycles. The van der Waals surface area contributed by atoms with Crippen molar-refractivity contribution >= 4 is 21.8 Å². The van der Waals surface area contributed by atoms with Gasteiger partial charge in [0.1, 0.15) is 0 Å². The van der Waals surface area contributed by atoms with Crippen LogP contribution in [0.15, 0.2) is 176 Å². The Hall–Kier alpha value is -6.84. The van der Waals surface area contributed by atoms with Crippen LogP contribution in [0.2, 0.25) is 0 Å². The number of hydrogen-bond acceptors (Lipinski definition) is 2. The highest BCUT2D eigenvalue weighted by Gasteiger charge is 2.52. The highest BCUT2D eigenvalue weighted by atomic mass is 16.6. The molecule has 0 radical (unpaired) electrons. The second-order valence-corrected chi connectivity index (χ2v) is 14.0. The van der Waals surface area contributed by atoms with Crippen LogP contribution in [-0.4, -0.2) is 4.57 Å². The second-order valence-electron chi connectivity index (χ2n) is 14.0. The zero-order valence-electron chi connectivity index (χ0n) is 28.0. The smallest absolute Gasteiger partial charge is 0.170 e. The average Bonchev–Trinajstić information content (AvgIpc) is 3.80. The van der Waals surface area contributed by atoms with Gasteiger partial charge in [-0.05, 0) is 116 Å². The van der Waals surface area contributed by atoms with Crippen molar-refractivity contribution in [1.82, 2.24) is 4.57 Å². The normalized spacial score (nSPS) is 13.8. The zero-order valence-corrected chi connectivity index (χ0v) is 28.0. The van der Waals surface area contributed by atoms with E-state index in [1.54, 1.807) is 0 Å². The fourth-order valence-corrected chi connectivity index (χ4v) is 9.35. The van der Waals surface area contributed by atoms with E-state index >= 15 is 0 Å². The summed E-state index contributed by atoms with van der Waals surface area (Å²) in [6, 6.07) is 63.6. The maximum Gasteiger partial charge on any atom is 0.170 e. The maximum absolute atomic E-state index is 6.56. The number of fused-ring (bicyclic) bond motifs is 15. The van der Waals surface area contributed by atoms with Crippen molar-refractivity contribution < 1.29 is 9.47 Å². The molecule has 0 saturated carbocycles. The summed E-state index contributed by atoms with van der Waals surface area (Å²) < 4.78 is 15.4. The third-order valence-electron chi connectivity index (χ3n) is 11.5. The summed E-state index contributed by atoms with van der Waals surface area (Å²) >= 11 is 0. The lowest BCUT2D eigenvalue weighted by molar-refractivity contribution is 0.359. The minimum Gasteiger partial charge on any atom is -0.450 e. The molecule has 0 unspecified atom stereocenters. The maximum atomic E-state index is 6.56. The van der Waals surface area contributed by atoms with Crippen molar-refractivity contribution in [1.29, 1.82) is 0 Å². The van der Waals surface area contributed by atoms with Gasteiger partial charge >= 0.3 is 0 Å². The van der Waals surface area contributed by atoms with Gasteiger partial charge in [0.05, 0.1) is 16.4 Å². The van der Waals surface area contributed by atoms with E-state index in [1.807, 2.05) is 24.3 Å². The first-order valence-electron chi connectivity index (χ1n) is 17.8. The quantitative estimate of drug-likeness (QED) is 0.184. The lowest BCUT2D eigenvalue weighted by atomic mass is 9.70. The second kappa shape index (κ2) is 10.1. The van der Waals surface area contributed by atoms with Gasteiger partial charge in [-0.3, -0.25) is 0 Å². The molecule has 0 N–H and O–H groups in total. The van der Waals surface area contributed by atoms with E-state index in [9.17, 15) is 0 Å². The molecular weight excluding hydrogens is 635 g/mol. The summed E-state index contributed by atoms with van der Waals surface area (Å²) in [6.07, 6.45) is 0. The molecule has 0 bridgehead atoms. The molecule has 0 atom stereocenters. The Bertz CT molecular complexity index is 2930. The Morgan fingerprint density at radius 1 is 0.346 bits per heavy atom. The Labute approximate surface area is 300 Å². The van der Waals surface area contributed by atoms with Gasteiger partial charge in [0, 0.05) is 16.5 Å². The molecule has 3 nitrogen and oxygen atoms in total. The van der Waals surface area contributed by atoms with Crippen LogP contribution in [0.5, 0.6) is 23.0 Å². The van der Waals surface area contributed by atoms with Crippen LogP contribution in [0.4, 0.5) is 0 Å². The number of aromatic nitrogens is 1. The van der Waals surface area contributed by atoms with Gasteiger partial charge in [-0.15, -0.1) is 0 Å². The molecule has 12 rings (SSSR count). The molecule has 242 valence electrons. The van der Waals surface area contributed by atoms with E-state index in [0.717, 1.165) is 28.7 Å². The van der Waals surface area contributed by atoms with E-state index in [0.29, 0.717) is 0 Å². The van der Waals surface area contributed by atoms with Crippen molar-refractivity contribution in [3.63, 3.8) is 0 Å². The van der Waals surface area contributed by atoms with Crippen LogP contribution in [0.25, 0.3) is 60.9 Å². The molecule has 0 fully saturated rings. The number of nitrogens with zero attached hydrogens (tertiary/aromatic N) is 1. The predicted octanol–water partition coefficient (Wildman–Crippen LogP) is 12.7. The van der Waals surface area contributed by atoms with Gasteiger partial charge in [0.25, 0.3) is 0 Å². The Morgan fingerprint density at radius 3 is 1.67 bits per heavy atom. The van der Waals surface area contributed by atoms with E-state index in [2.05, 4.69) is 156 Å². The minimum atomic E-state index is -0.517. The average molecular weight is 664 g/mol. The Morgan fingerprint density at radius 2 is 0.904 bits per heavy atom. The monoisotopic (exact) mass is 663 g/mol. The van der Waals surface area contributed by atoms with E-state index in [-0.39, 0.29) is 0 Å². The molecule has 1 spiro atoms. The first kappa shape index (κ1) is 27.9. The summed E-state index contributed by atoms with van der Waals surface area (Å²) in [5, 5.41) is 2.49. The largest absolute Gasteiger partial charge is 0.450 e. The first-order chi connectivity index (χ1) is 25.8. The first-order valence-corrected chi connectivity index (χ1v) is 17.8. The van der Waals surface area contributed by atoms with Gasteiger partial charge in [0.2, 0.25) is 0 Å². The fraction of sp³-hybridized carbons (Fsp3) is 0.0204. The van der Waals surface area contributed by atoms with Crippen molar-refractivity contribution in [3.05, 3.63) is 198 Å². The molecule has 2 aliphatic carbocycles. The van der Waals surface area contributed by atoms with E-state index < -0.39 is 5.41 Å². The van der Waals surface area contributed by atoms with Crippen LogP contribution in [-0.2, 0) is 5.41 Å². The third kappa shape index (κ3) is 3.54.